The van der Waals surface area contributed by atoms with Crippen molar-refractivity contribution in [2.24, 2.45) is 23.0 Å². The molecule has 1 aliphatic rings. The highest BCUT2D eigenvalue weighted by molar-refractivity contribution is 5.90. The molecule has 4 N–H and O–H groups in total. The molecule has 0 radical (unpaired) electrons. The molecule has 0 aromatic rings. The van der Waals surface area contributed by atoms with Crippen LogP contribution in [0.5, 0.6) is 0 Å². The normalized spacial score (nSPS) is 25.4. The molecule has 2 unspecified atom stereocenters. The van der Waals surface area contributed by atoms with E-state index in [-0.39, 0.29) is 17.7 Å². The number of hydrogen-bond donors (Lipinski definition) is 3. The molecule has 5 nitrogen and oxygen atoms in total. The second-order valence-corrected chi connectivity index (χ2v) is 5.84. The Balaban J connectivity index is 2.82. The Morgan fingerprint density at radius 3 is 2.22 bits per heavy atom. The average Bonchev–Trinajstić information content (AvgIpc) is 2.74. The van der Waals surface area contributed by atoms with Gasteiger partial charge >= 0.3 is 0 Å². The van der Waals surface area contributed by atoms with E-state index in [0.717, 1.165) is 13.0 Å². The molecular formula is C13H25N3O2. The van der Waals surface area contributed by atoms with E-state index in [9.17, 15) is 9.59 Å². The van der Waals surface area contributed by atoms with Crippen LogP contribution < -0.4 is 16.4 Å². The minimum absolute atomic E-state index is 0.00465. The molecule has 0 spiro atoms. The molecule has 5 heteroatoms. The lowest BCUT2D eigenvalue weighted by atomic mass is 9.75. The lowest BCUT2D eigenvalue weighted by Gasteiger charge is -2.33. The Kier molecular flexibility index (Phi) is 4.73. The van der Waals surface area contributed by atoms with Crippen LogP contribution in [-0.2, 0) is 9.59 Å². The van der Waals surface area contributed by atoms with Gasteiger partial charge in [0.25, 0.3) is 0 Å². The molecule has 0 aromatic carbocycles. The van der Waals surface area contributed by atoms with Crippen molar-refractivity contribution in [3.63, 3.8) is 0 Å². The van der Waals surface area contributed by atoms with Crippen LogP contribution in [0.1, 0.15) is 34.1 Å². The van der Waals surface area contributed by atoms with Gasteiger partial charge in [-0.3, -0.25) is 9.59 Å². The van der Waals surface area contributed by atoms with Gasteiger partial charge in [0.1, 0.15) is 6.04 Å². The fourth-order valence-corrected chi connectivity index (χ4v) is 2.51. The summed E-state index contributed by atoms with van der Waals surface area (Å²) >= 11 is 0. The first-order valence-corrected chi connectivity index (χ1v) is 6.62. The first-order valence-electron chi connectivity index (χ1n) is 6.62. The summed E-state index contributed by atoms with van der Waals surface area (Å²) in [7, 11) is 0. The fraction of sp³-hybridized carbons (Fsp3) is 0.846. The van der Waals surface area contributed by atoms with Crippen molar-refractivity contribution in [3.8, 4) is 0 Å². The van der Waals surface area contributed by atoms with Gasteiger partial charge in [-0.1, -0.05) is 27.7 Å². The van der Waals surface area contributed by atoms with Gasteiger partial charge in [0.15, 0.2) is 0 Å². The molecule has 0 bridgehead atoms. The van der Waals surface area contributed by atoms with E-state index in [0.29, 0.717) is 6.54 Å². The number of carbonyl (C=O) groups is 2. The first kappa shape index (κ1) is 15.0. The van der Waals surface area contributed by atoms with Gasteiger partial charge < -0.3 is 16.4 Å². The van der Waals surface area contributed by atoms with Crippen LogP contribution in [-0.4, -0.2) is 30.9 Å². The Bertz CT molecular complexity index is 320. The largest absolute Gasteiger partial charge is 0.368 e. The summed E-state index contributed by atoms with van der Waals surface area (Å²) in [6.45, 7) is 9.35. The predicted octanol–water partition coefficient (Wildman–Crippen LogP) is 0.248. The molecule has 0 aromatic heterocycles. The quantitative estimate of drug-likeness (QED) is 0.658. The topological polar surface area (TPSA) is 84.2 Å². The molecule has 2 atom stereocenters. The number of amides is 2. The minimum atomic E-state index is -0.589. The second kappa shape index (κ2) is 5.69. The molecule has 1 saturated heterocycles. The van der Waals surface area contributed by atoms with Crippen LogP contribution in [0.2, 0.25) is 0 Å². The summed E-state index contributed by atoms with van der Waals surface area (Å²) in [6.07, 6.45) is 0.806. The van der Waals surface area contributed by atoms with Crippen LogP contribution >= 0.6 is 0 Å². The van der Waals surface area contributed by atoms with Crippen molar-refractivity contribution < 1.29 is 9.59 Å². The molecular weight excluding hydrogens is 230 g/mol. The van der Waals surface area contributed by atoms with Crippen molar-refractivity contribution in [3.05, 3.63) is 0 Å². The van der Waals surface area contributed by atoms with Gasteiger partial charge in [-0.25, -0.2) is 0 Å². The standard InChI is InChI=1S/C13H25N3O2/c1-8(2)10(11(14)17)16-12(18)13(9(3)4)5-6-15-7-13/h8-10,15H,5-7H2,1-4H3,(H2,14,17)(H,16,18). The summed E-state index contributed by atoms with van der Waals surface area (Å²) in [5.74, 6) is -0.290. The van der Waals surface area contributed by atoms with Gasteiger partial charge in [0, 0.05) is 6.54 Å². The van der Waals surface area contributed by atoms with E-state index >= 15 is 0 Å². The molecule has 1 heterocycles. The molecule has 18 heavy (non-hydrogen) atoms. The summed E-state index contributed by atoms with van der Waals surface area (Å²) in [6, 6.07) is -0.589. The third-order valence-electron chi connectivity index (χ3n) is 4.01. The van der Waals surface area contributed by atoms with Gasteiger partial charge in [-0.05, 0) is 24.8 Å². The lowest BCUT2D eigenvalue weighted by molar-refractivity contribution is -0.136. The highest BCUT2D eigenvalue weighted by Gasteiger charge is 2.44. The molecule has 1 fully saturated rings. The van der Waals surface area contributed by atoms with Crippen LogP contribution in [0.15, 0.2) is 0 Å². The number of hydrogen-bond acceptors (Lipinski definition) is 3. The molecule has 2 amide bonds. The second-order valence-electron chi connectivity index (χ2n) is 5.84. The maximum Gasteiger partial charge on any atom is 0.240 e. The highest BCUT2D eigenvalue weighted by Crippen LogP contribution is 2.34. The van der Waals surface area contributed by atoms with Crippen molar-refractivity contribution in [2.45, 2.75) is 40.2 Å². The summed E-state index contributed by atoms with van der Waals surface area (Å²) in [5, 5.41) is 6.06. The molecule has 1 aliphatic heterocycles. The van der Waals surface area contributed by atoms with Crippen molar-refractivity contribution in [1.82, 2.24) is 10.6 Å². The van der Waals surface area contributed by atoms with Gasteiger partial charge in [-0.15, -0.1) is 0 Å². The third-order valence-corrected chi connectivity index (χ3v) is 4.01. The zero-order chi connectivity index (χ0) is 13.9. The Labute approximate surface area is 109 Å². The Morgan fingerprint density at radius 2 is 1.89 bits per heavy atom. The van der Waals surface area contributed by atoms with Crippen LogP contribution in [0.3, 0.4) is 0 Å². The van der Waals surface area contributed by atoms with Gasteiger partial charge in [-0.2, -0.15) is 0 Å². The van der Waals surface area contributed by atoms with E-state index in [2.05, 4.69) is 10.6 Å². The van der Waals surface area contributed by atoms with E-state index in [1.54, 1.807) is 0 Å². The van der Waals surface area contributed by atoms with E-state index < -0.39 is 17.4 Å². The van der Waals surface area contributed by atoms with Gasteiger partial charge in [0.2, 0.25) is 11.8 Å². The summed E-state index contributed by atoms with van der Waals surface area (Å²) < 4.78 is 0. The van der Waals surface area contributed by atoms with Crippen molar-refractivity contribution in [2.75, 3.05) is 13.1 Å². The van der Waals surface area contributed by atoms with Crippen molar-refractivity contribution >= 4 is 11.8 Å². The van der Waals surface area contributed by atoms with Crippen LogP contribution in [0, 0.1) is 17.3 Å². The number of nitrogens with two attached hydrogens (primary N) is 1. The Hall–Kier alpha value is -1.10. The van der Waals surface area contributed by atoms with Gasteiger partial charge in [0.05, 0.1) is 5.41 Å². The predicted molar refractivity (Wildman–Crippen MR) is 70.7 cm³/mol. The lowest BCUT2D eigenvalue weighted by Crippen LogP contribution is -2.54. The number of carbonyl (C=O) groups excluding carboxylic acids is 2. The molecule has 1 rings (SSSR count). The molecule has 104 valence electrons. The number of primary amides is 1. The molecule has 0 aliphatic carbocycles. The first-order chi connectivity index (χ1) is 8.31. The molecule has 0 saturated carbocycles. The maximum absolute atomic E-state index is 12.5. The summed E-state index contributed by atoms with van der Waals surface area (Å²) in [4.78, 5) is 23.8. The monoisotopic (exact) mass is 255 g/mol. The number of nitrogens with one attached hydrogen (secondary N) is 2. The van der Waals surface area contributed by atoms with E-state index in [4.69, 9.17) is 5.73 Å². The Morgan fingerprint density at radius 1 is 1.28 bits per heavy atom. The van der Waals surface area contributed by atoms with E-state index in [1.807, 2.05) is 27.7 Å². The minimum Gasteiger partial charge on any atom is -0.368 e. The third kappa shape index (κ3) is 2.83. The van der Waals surface area contributed by atoms with Crippen LogP contribution in [0.4, 0.5) is 0 Å². The van der Waals surface area contributed by atoms with E-state index in [1.165, 1.54) is 0 Å². The SMILES string of the molecule is CC(C)C(NC(=O)C1(C(C)C)CCNC1)C(N)=O. The summed E-state index contributed by atoms with van der Waals surface area (Å²) in [5.41, 5.74) is 4.92. The smallest absolute Gasteiger partial charge is 0.240 e. The highest BCUT2D eigenvalue weighted by atomic mass is 16.2. The van der Waals surface area contributed by atoms with Crippen molar-refractivity contribution in [1.29, 1.82) is 0 Å². The zero-order valence-corrected chi connectivity index (χ0v) is 11.7. The maximum atomic E-state index is 12.5. The number of rotatable bonds is 5. The fourth-order valence-electron chi connectivity index (χ4n) is 2.51. The van der Waals surface area contributed by atoms with Crippen LogP contribution in [0.25, 0.3) is 0 Å². The average molecular weight is 255 g/mol. The zero-order valence-electron chi connectivity index (χ0n) is 11.7.